The van der Waals surface area contributed by atoms with Crippen LogP contribution in [0.15, 0.2) is 34.9 Å². The Morgan fingerprint density at radius 2 is 2.13 bits per heavy atom. The van der Waals surface area contributed by atoms with Crippen molar-refractivity contribution < 1.29 is 9.32 Å². The normalized spacial score (nSPS) is 9.87. The average molecular weight is 203 g/mol. The topological polar surface area (TPSA) is 68.0 Å². The van der Waals surface area contributed by atoms with Crippen LogP contribution in [0.4, 0.5) is 0 Å². The second-order valence-electron chi connectivity index (χ2n) is 2.88. The lowest BCUT2D eigenvalue weighted by Crippen LogP contribution is -2.09. The van der Waals surface area contributed by atoms with Crippen molar-refractivity contribution >= 4 is 6.41 Å². The summed E-state index contributed by atoms with van der Waals surface area (Å²) in [5, 5.41) is 6.25. The van der Waals surface area contributed by atoms with Crippen LogP contribution in [0.1, 0.15) is 5.89 Å². The van der Waals surface area contributed by atoms with Gasteiger partial charge in [0, 0.05) is 5.56 Å². The van der Waals surface area contributed by atoms with E-state index in [1.807, 2.05) is 30.3 Å². The number of benzene rings is 1. The molecule has 0 bridgehead atoms. The first-order chi connectivity index (χ1) is 7.40. The SMILES string of the molecule is O=CNCc1nc(-c2ccccc2)no1. The van der Waals surface area contributed by atoms with Crippen LogP contribution in [-0.2, 0) is 11.3 Å². The van der Waals surface area contributed by atoms with Gasteiger partial charge in [0.1, 0.15) is 0 Å². The Balaban J connectivity index is 2.17. The average Bonchev–Trinajstić information content (AvgIpc) is 2.76. The van der Waals surface area contributed by atoms with Gasteiger partial charge < -0.3 is 9.84 Å². The molecule has 0 unspecified atom stereocenters. The molecule has 0 aliphatic carbocycles. The summed E-state index contributed by atoms with van der Waals surface area (Å²) in [4.78, 5) is 14.2. The van der Waals surface area contributed by atoms with Crippen LogP contribution in [0.25, 0.3) is 11.4 Å². The van der Waals surface area contributed by atoms with E-state index in [-0.39, 0.29) is 6.54 Å². The van der Waals surface area contributed by atoms with Crippen LogP contribution in [0, 0.1) is 0 Å². The van der Waals surface area contributed by atoms with Crippen molar-refractivity contribution in [3.8, 4) is 11.4 Å². The molecule has 0 saturated carbocycles. The molecule has 5 heteroatoms. The summed E-state index contributed by atoms with van der Waals surface area (Å²) in [6.45, 7) is 0.253. The third kappa shape index (κ3) is 2.19. The number of hydrogen-bond donors (Lipinski definition) is 1. The van der Waals surface area contributed by atoms with Gasteiger partial charge >= 0.3 is 0 Å². The van der Waals surface area contributed by atoms with Gasteiger partial charge in [0.05, 0.1) is 6.54 Å². The Kier molecular flexibility index (Phi) is 2.73. The Morgan fingerprint density at radius 1 is 1.33 bits per heavy atom. The molecule has 0 atom stereocenters. The first-order valence-corrected chi connectivity index (χ1v) is 4.45. The molecule has 1 N–H and O–H groups in total. The zero-order chi connectivity index (χ0) is 10.5. The number of carbonyl (C=O) groups is 1. The van der Waals surface area contributed by atoms with Gasteiger partial charge in [-0.3, -0.25) is 4.79 Å². The Morgan fingerprint density at radius 3 is 2.87 bits per heavy atom. The minimum Gasteiger partial charge on any atom is -0.350 e. The minimum absolute atomic E-state index is 0.253. The van der Waals surface area contributed by atoms with E-state index in [0.29, 0.717) is 18.1 Å². The fourth-order valence-electron chi connectivity index (χ4n) is 1.16. The Hall–Kier alpha value is -2.17. The molecule has 1 aromatic heterocycles. The maximum atomic E-state index is 10.1. The molecule has 76 valence electrons. The second kappa shape index (κ2) is 4.36. The number of carbonyl (C=O) groups excluding carboxylic acids is 1. The maximum absolute atomic E-state index is 10.1. The van der Waals surface area contributed by atoms with E-state index in [1.54, 1.807) is 0 Å². The summed E-state index contributed by atoms with van der Waals surface area (Å²) in [6, 6.07) is 9.49. The van der Waals surface area contributed by atoms with Gasteiger partial charge in [-0.1, -0.05) is 35.5 Å². The Labute approximate surface area is 86.1 Å². The standard InChI is InChI=1S/C10H9N3O2/c14-7-11-6-9-12-10(13-15-9)8-4-2-1-3-5-8/h1-5,7H,6H2,(H,11,14). The number of nitrogens with zero attached hydrogens (tertiary/aromatic N) is 2. The van der Waals surface area contributed by atoms with Crippen molar-refractivity contribution in [2.24, 2.45) is 0 Å². The van der Waals surface area contributed by atoms with Crippen molar-refractivity contribution in [2.45, 2.75) is 6.54 Å². The largest absolute Gasteiger partial charge is 0.350 e. The molecule has 0 aliphatic heterocycles. The highest BCUT2D eigenvalue weighted by molar-refractivity contribution is 5.53. The zero-order valence-electron chi connectivity index (χ0n) is 7.88. The summed E-state index contributed by atoms with van der Waals surface area (Å²) < 4.78 is 4.94. The summed E-state index contributed by atoms with van der Waals surface area (Å²) in [5.74, 6) is 0.916. The predicted octanol–water partition coefficient (Wildman–Crippen LogP) is 0.983. The van der Waals surface area contributed by atoms with Crippen LogP contribution in [0.3, 0.4) is 0 Å². The molecule has 1 amide bonds. The fourth-order valence-corrected chi connectivity index (χ4v) is 1.16. The highest BCUT2D eigenvalue weighted by Crippen LogP contribution is 2.14. The summed E-state index contributed by atoms with van der Waals surface area (Å²) in [5.41, 5.74) is 0.888. The molecule has 2 rings (SSSR count). The van der Waals surface area contributed by atoms with Gasteiger partial charge in [0.15, 0.2) is 0 Å². The molecular formula is C10H9N3O2. The van der Waals surface area contributed by atoms with Gasteiger partial charge in [-0.05, 0) is 0 Å². The van der Waals surface area contributed by atoms with Gasteiger partial charge in [-0.2, -0.15) is 4.98 Å². The van der Waals surface area contributed by atoms with E-state index in [9.17, 15) is 4.79 Å². The van der Waals surface area contributed by atoms with Crippen molar-refractivity contribution in [3.63, 3.8) is 0 Å². The summed E-state index contributed by atoms with van der Waals surface area (Å²) in [7, 11) is 0. The zero-order valence-corrected chi connectivity index (χ0v) is 7.88. The van der Waals surface area contributed by atoms with Crippen LogP contribution < -0.4 is 5.32 Å². The predicted molar refractivity (Wildman–Crippen MR) is 52.6 cm³/mol. The van der Waals surface area contributed by atoms with E-state index in [4.69, 9.17) is 4.52 Å². The Bertz CT molecular complexity index is 439. The molecule has 1 aromatic carbocycles. The number of rotatable bonds is 4. The molecule has 1 heterocycles. The van der Waals surface area contributed by atoms with Crippen LogP contribution in [0.5, 0.6) is 0 Å². The van der Waals surface area contributed by atoms with Crippen molar-refractivity contribution in [1.29, 1.82) is 0 Å². The molecule has 5 nitrogen and oxygen atoms in total. The number of amides is 1. The first-order valence-electron chi connectivity index (χ1n) is 4.45. The van der Waals surface area contributed by atoms with Gasteiger partial charge in [0.25, 0.3) is 0 Å². The molecule has 0 spiro atoms. The third-order valence-corrected chi connectivity index (χ3v) is 1.84. The smallest absolute Gasteiger partial charge is 0.246 e. The van der Waals surface area contributed by atoms with Crippen molar-refractivity contribution in [3.05, 3.63) is 36.2 Å². The number of nitrogens with one attached hydrogen (secondary N) is 1. The van der Waals surface area contributed by atoms with E-state index >= 15 is 0 Å². The lowest BCUT2D eigenvalue weighted by molar-refractivity contribution is -0.109. The van der Waals surface area contributed by atoms with Crippen LogP contribution in [-0.4, -0.2) is 16.6 Å². The van der Waals surface area contributed by atoms with Crippen molar-refractivity contribution in [1.82, 2.24) is 15.5 Å². The third-order valence-electron chi connectivity index (χ3n) is 1.84. The lowest BCUT2D eigenvalue weighted by atomic mass is 10.2. The molecule has 0 radical (unpaired) electrons. The van der Waals surface area contributed by atoms with E-state index < -0.39 is 0 Å². The lowest BCUT2D eigenvalue weighted by Gasteiger charge is -1.90. The van der Waals surface area contributed by atoms with Crippen molar-refractivity contribution in [2.75, 3.05) is 0 Å². The highest BCUT2D eigenvalue weighted by atomic mass is 16.5. The molecule has 0 aliphatic rings. The molecular weight excluding hydrogens is 194 g/mol. The molecule has 0 fully saturated rings. The van der Waals surface area contributed by atoms with Gasteiger partial charge in [-0.25, -0.2) is 0 Å². The number of hydrogen-bond acceptors (Lipinski definition) is 4. The first kappa shape index (κ1) is 9.39. The van der Waals surface area contributed by atoms with Crippen LogP contribution >= 0.6 is 0 Å². The summed E-state index contributed by atoms with van der Waals surface area (Å²) in [6.07, 6.45) is 0.590. The van der Waals surface area contributed by atoms with Gasteiger partial charge in [0.2, 0.25) is 18.1 Å². The maximum Gasteiger partial charge on any atom is 0.246 e. The number of aromatic nitrogens is 2. The summed E-state index contributed by atoms with van der Waals surface area (Å²) >= 11 is 0. The van der Waals surface area contributed by atoms with Gasteiger partial charge in [-0.15, -0.1) is 0 Å². The van der Waals surface area contributed by atoms with E-state index in [0.717, 1.165) is 5.56 Å². The minimum atomic E-state index is 0.253. The van der Waals surface area contributed by atoms with E-state index in [2.05, 4.69) is 15.5 Å². The van der Waals surface area contributed by atoms with E-state index in [1.165, 1.54) is 0 Å². The second-order valence-corrected chi connectivity index (χ2v) is 2.88. The monoisotopic (exact) mass is 203 g/mol. The molecule has 15 heavy (non-hydrogen) atoms. The van der Waals surface area contributed by atoms with Crippen LogP contribution in [0.2, 0.25) is 0 Å². The fraction of sp³-hybridized carbons (Fsp3) is 0.100. The molecule has 2 aromatic rings. The quantitative estimate of drug-likeness (QED) is 0.752. The molecule has 0 saturated heterocycles. The highest BCUT2D eigenvalue weighted by Gasteiger charge is 2.06.